The molecular weight excluding hydrogens is 266 g/mol. The normalized spacial score (nSPS) is 18.8. The number of aryl methyl sites for hydroxylation is 1. The zero-order chi connectivity index (χ0) is 13.8. The van der Waals surface area contributed by atoms with E-state index in [1.54, 1.807) is 12.1 Å². The number of nitrogens with one attached hydrogen (secondary N) is 3. The van der Waals surface area contributed by atoms with Crippen LogP contribution < -0.4 is 16.0 Å². The Bertz CT molecular complexity index is 505. The molecule has 0 saturated carbocycles. The molecule has 1 aromatic rings. The van der Waals surface area contributed by atoms with Gasteiger partial charge >= 0.3 is 0 Å². The summed E-state index contributed by atoms with van der Waals surface area (Å²) in [6.45, 7) is 3.18. The zero-order valence-corrected chi connectivity index (χ0v) is 11.4. The van der Waals surface area contributed by atoms with E-state index in [2.05, 4.69) is 16.0 Å². The van der Waals surface area contributed by atoms with Gasteiger partial charge in [0.1, 0.15) is 0 Å². The topological polar surface area (TPSA) is 70.2 Å². The highest BCUT2D eigenvalue weighted by molar-refractivity contribution is 6.31. The molecule has 1 fully saturated rings. The number of rotatable bonds is 3. The molecule has 1 heterocycles. The van der Waals surface area contributed by atoms with Crippen LogP contribution in [-0.4, -0.2) is 30.9 Å². The van der Waals surface area contributed by atoms with Crippen LogP contribution in [-0.2, 0) is 9.59 Å². The first-order valence-corrected chi connectivity index (χ1v) is 6.51. The second-order valence-electron chi connectivity index (χ2n) is 4.51. The van der Waals surface area contributed by atoms with E-state index >= 15 is 0 Å². The van der Waals surface area contributed by atoms with Crippen molar-refractivity contribution in [3.63, 3.8) is 0 Å². The number of amides is 2. The van der Waals surface area contributed by atoms with Crippen molar-refractivity contribution in [2.24, 2.45) is 0 Å². The quantitative estimate of drug-likeness (QED) is 0.776. The molecule has 5 nitrogen and oxygen atoms in total. The van der Waals surface area contributed by atoms with E-state index in [0.717, 1.165) is 5.56 Å². The summed E-state index contributed by atoms with van der Waals surface area (Å²) in [5.74, 6) is -0.349. The summed E-state index contributed by atoms with van der Waals surface area (Å²) in [4.78, 5) is 23.4. The predicted molar refractivity (Wildman–Crippen MR) is 74.2 cm³/mol. The van der Waals surface area contributed by atoms with E-state index in [1.165, 1.54) is 0 Å². The van der Waals surface area contributed by atoms with Gasteiger partial charge in [-0.15, -0.1) is 0 Å². The van der Waals surface area contributed by atoms with E-state index < -0.39 is 6.04 Å². The molecule has 1 saturated heterocycles. The summed E-state index contributed by atoms with van der Waals surface area (Å²) in [6, 6.07) is 4.86. The first-order chi connectivity index (χ1) is 9.06. The lowest BCUT2D eigenvalue weighted by atomic mass is 10.1. The van der Waals surface area contributed by atoms with Crippen LogP contribution in [0.4, 0.5) is 5.69 Å². The van der Waals surface area contributed by atoms with Crippen LogP contribution in [0.15, 0.2) is 18.2 Å². The number of hydrogen-bond acceptors (Lipinski definition) is 3. The number of carbonyl (C=O) groups is 2. The van der Waals surface area contributed by atoms with Gasteiger partial charge in [0.25, 0.3) is 0 Å². The monoisotopic (exact) mass is 281 g/mol. The van der Waals surface area contributed by atoms with Crippen molar-refractivity contribution in [2.75, 3.05) is 18.4 Å². The van der Waals surface area contributed by atoms with Crippen molar-refractivity contribution in [3.05, 3.63) is 28.8 Å². The van der Waals surface area contributed by atoms with Gasteiger partial charge in [-0.3, -0.25) is 9.59 Å². The molecular formula is C13H16ClN3O2. The molecule has 2 amide bonds. The van der Waals surface area contributed by atoms with E-state index in [1.807, 2.05) is 13.0 Å². The maximum absolute atomic E-state index is 11.8. The van der Waals surface area contributed by atoms with Gasteiger partial charge in [-0.25, -0.2) is 0 Å². The first-order valence-electron chi connectivity index (χ1n) is 6.13. The fourth-order valence-corrected chi connectivity index (χ4v) is 2.06. The highest BCUT2D eigenvalue weighted by Crippen LogP contribution is 2.20. The molecule has 1 unspecified atom stereocenters. The second kappa shape index (κ2) is 6.04. The molecule has 0 aliphatic carbocycles. The molecule has 0 aromatic heterocycles. The van der Waals surface area contributed by atoms with Crippen molar-refractivity contribution in [3.8, 4) is 0 Å². The van der Waals surface area contributed by atoms with Crippen LogP contribution in [0.25, 0.3) is 0 Å². The molecule has 1 aliphatic heterocycles. The number of carbonyl (C=O) groups excluding carboxylic acids is 2. The third-order valence-corrected chi connectivity index (χ3v) is 3.38. The van der Waals surface area contributed by atoms with Crippen molar-refractivity contribution < 1.29 is 9.59 Å². The fourth-order valence-electron chi connectivity index (χ4n) is 1.88. The first kappa shape index (κ1) is 13.8. The Morgan fingerprint density at radius 1 is 1.47 bits per heavy atom. The van der Waals surface area contributed by atoms with Gasteiger partial charge in [-0.2, -0.15) is 0 Å². The Kier molecular flexibility index (Phi) is 4.39. The van der Waals surface area contributed by atoms with Gasteiger partial charge in [-0.1, -0.05) is 17.7 Å². The minimum Gasteiger partial charge on any atom is -0.353 e. The Balaban J connectivity index is 1.93. The lowest BCUT2D eigenvalue weighted by molar-refractivity contribution is -0.127. The molecule has 3 N–H and O–H groups in total. The minimum atomic E-state index is -0.463. The van der Waals surface area contributed by atoms with Gasteiger partial charge in [0, 0.05) is 23.8 Å². The third-order valence-electron chi connectivity index (χ3n) is 2.98. The van der Waals surface area contributed by atoms with Crippen molar-refractivity contribution in [2.45, 2.75) is 19.4 Å². The van der Waals surface area contributed by atoms with Crippen LogP contribution in [0.5, 0.6) is 0 Å². The molecule has 0 spiro atoms. The number of anilines is 1. The lowest BCUT2D eigenvalue weighted by Crippen LogP contribution is -2.53. The number of halogens is 1. The Hall–Kier alpha value is -1.59. The van der Waals surface area contributed by atoms with Crippen LogP contribution in [0.2, 0.25) is 5.02 Å². The fraction of sp³-hybridized carbons (Fsp3) is 0.385. The summed E-state index contributed by atoms with van der Waals surface area (Å²) in [5.41, 5.74) is 1.59. The maximum atomic E-state index is 11.8. The van der Waals surface area contributed by atoms with E-state index in [0.29, 0.717) is 23.8 Å². The van der Waals surface area contributed by atoms with Gasteiger partial charge in [0.15, 0.2) is 0 Å². The van der Waals surface area contributed by atoms with Gasteiger partial charge in [-0.05, 0) is 24.6 Å². The van der Waals surface area contributed by atoms with Crippen molar-refractivity contribution in [1.29, 1.82) is 0 Å². The molecule has 0 bridgehead atoms. The largest absolute Gasteiger partial charge is 0.353 e. The highest BCUT2D eigenvalue weighted by atomic mass is 35.5. The molecule has 6 heteroatoms. The lowest BCUT2D eigenvalue weighted by Gasteiger charge is -2.22. The van der Waals surface area contributed by atoms with Gasteiger partial charge in [0.05, 0.1) is 12.5 Å². The molecule has 1 atom stereocenters. The van der Waals surface area contributed by atoms with Crippen LogP contribution in [0.3, 0.4) is 0 Å². The SMILES string of the molecule is Cc1ccc(NC(=O)CC2NCCNC2=O)cc1Cl. The molecule has 1 aromatic carbocycles. The minimum absolute atomic E-state index is 0.108. The molecule has 2 rings (SSSR count). The Morgan fingerprint density at radius 2 is 2.26 bits per heavy atom. The number of hydrogen-bond donors (Lipinski definition) is 3. The average molecular weight is 282 g/mol. The standard InChI is InChI=1S/C13H16ClN3O2/c1-8-2-3-9(6-10(8)14)17-12(18)7-11-13(19)16-5-4-15-11/h2-3,6,11,15H,4-5,7H2,1H3,(H,16,19)(H,17,18). The average Bonchev–Trinajstić information content (AvgIpc) is 2.37. The summed E-state index contributed by atoms with van der Waals surface area (Å²) >= 11 is 5.98. The smallest absolute Gasteiger partial charge is 0.237 e. The van der Waals surface area contributed by atoms with E-state index in [4.69, 9.17) is 11.6 Å². The van der Waals surface area contributed by atoms with Gasteiger partial charge < -0.3 is 16.0 Å². The summed E-state index contributed by atoms with van der Waals surface area (Å²) in [6.07, 6.45) is 0.108. The third kappa shape index (κ3) is 3.68. The maximum Gasteiger partial charge on any atom is 0.237 e. The predicted octanol–water partition coefficient (Wildman–Crippen LogP) is 1.07. The van der Waals surface area contributed by atoms with Crippen LogP contribution in [0, 0.1) is 6.92 Å². The molecule has 102 valence electrons. The van der Waals surface area contributed by atoms with Crippen LogP contribution >= 0.6 is 11.6 Å². The Labute approximate surface area is 116 Å². The number of benzene rings is 1. The van der Waals surface area contributed by atoms with E-state index in [9.17, 15) is 9.59 Å². The summed E-state index contributed by atoms with van der Waals surface area (Å²) in [7, 11) is 0. The summed E-state index contributed by atoms with van der Waals surface area (Å²) in [5, 5.41) is 9.06. The molecule has 19 heavy (non-hydrogen) atoms. The van der Waals surface area contributed by atoms with Gasteiger partial charge in [0.2, 0.25) is 11.8 Å². The zero-order valence-electron chi connectivity index (χ0n) is 10.6. The van der Waals surface area contributed by atoms with Crippen molar-refractivity contribution >= 4 is 29.1 Å². The van der Waals surface area contributed by atoms with Crippen molar-refractivity contribution in [1.82, 2.24) is 10.6 Å². The van der Waals surface area contributed by atoms with E-state index in [-0.39, 0.29) is 18.2 Å². The second-order valence-corrected chi connectivity index (χ2v) is 4.92. The molecule has 0 radical (unpaired) electrons. The van der Waals surface area contributed by atoms with Crippen LogP contribution in [0.1, 0.15) is 12.0 Å². The number of piperazine rings is 1. The highest BCUT2D eigenvalue weighted by Gasteiger charge is 2.23. The summed E-state index contributed by atoms with van der Waals surface area (Å²) < 4.78 is 0. The molecule has 1 aliphatic rings. The Morgan fingerprint density at radius 3 is 2.95 bits per heavy atom.